The first-order valence-corrected chi connectivity index (χ1v) is 15.3. The maximum absolute atomic E-state index is 15.4. The monoisotopic (exact) mass is 580 g/mol. The van der Waals surface area contributed by atoms with Gasteiger partial charge in [-0.3, -0.25) is 8.63 Å². The van der Waals surface area contributed by atoms with Gasteiger partial charge >= 0.3 is 7.40 Å². The molecule has 0 saturated heterocycles. The molecule has 1 aliphatic rings. The number of hydrogen-bond acceptors (Lipinski definition) is 1. The molecule has 5 heteroatoms. The van der Waals surface area contributed by atoms with E-state index in [1.54, 1.807) is 0 Å². The van der Waals surface area contributed by atoms with Gasteiger partial charge in [0, 0.05) is 22.4 Å². The summed E-state index contributed by atoms with van der Waals surface area (Å²) in [4.78, 5) is 5.15. The van der Waals surface area contributed by atoms with Crippen molar-refractivity contribution in [1.82, 2.24) is 4.48 Å². The molecule has 4 aromatic rings. The van der Waals surface area contributed by atoms with Crippen LogP contribution >= 0.6 is 0 Å². The molecular formula is C39H35BF2N2. The quantitative estimate of drug-likeness (QED) is 0.153. The number of rotatable bonds is 7. The number of benzene rings is 3. The summed E-state index contributed by atoms with van der Waals surface area (Å²) in [6.45, 7) is 8.23. The average Bonchev–Trinajstić information content (AvgIpc) is 3.58. The number of hydrogen-bond donors (Lipinski definition) is 0. The van der Waals surface area contributed by atoms with Crippen molar-refractivity contribution in [1.29, 1.82) is 0 Å². The Morgan fingerprint density at radius 3 is 1.66 bits per heavy atom. The van der Waals surface area contributed by atoms with E-state index >= 15 is 8.63 Å². The lowest BCUT2D eigenvalue weighted by Gasteiger charge is -2.18. The molecule has 2 heterocycles. The Morgan fingerprint density at radius 2 is 1.16 bits per heavy atom. The summed E-state index contributed by atoms with van der Waals surface area (Å²) in [7, 11) is -2.79. The Morgan fingerprint density at radius 1 is 0.636 bits per heavy atom. The summed E-state index contributed by atoms with van der Waals surface area (Å²) in [5, 5.41) is 0. The molecule has 0 N–H and O–H groups in total. The molecule has 0 radical (unpaired) electrons. The van der Waals surface area contributed by atoms with Crippen molar-refractivity contribution in [3.8, 4) is 23.7 Å². The number of aliphatic imine (C=N–C) groups is 1. The van der Waals surface area contributed by atoms with E-state index < -0.39 is 7.40 Å². The zero-order valence-corrected chi connectivity index (χ0v) is 25.7. The highest BCUT2D eigenvalue weighted by atomic mass is 19.2. The molecule has 0 aliphatic carbocycles. The molecule has 0 amide bonds. The van der Waals surface area contributed by atoms with Crippen molar-refractivity contribution in [3.05, 3.63) is 147 Å². The van der Waals surface area contributed by atoms with E-state index in [2.05, 4.69) is 37.5 Å². The maximum atomic E-state index is 15.4. The SMILES string of the molecule is CCC1=C(CC)/C(=C(\c2ccccc2)c2c(CC)c(CC)c(C#Cc3ccccc3)n2B(F)F)N=C1C#Cc1ccccc1. The second-order valence-electron chi connectivity index (χ2n) is 10.5. The zero-order valence-electron chi connectivity index (χ0n) is 25.7. The second kappa shape index (κ2) is 14.1. The Hall–Kier alpha value is -4.87. The Labute approximate surface area is 260 Å². The minimum absolute atomic E-state index is 0.357. The third kappa shape index (κ3) is 6.10. The van der Waals surface area contributed by atoms with E-state index in [1.807, 2.05) is 105 Å². The molecule has 0 unspecified atom stereocenters. The zero-order chi connectivity index (χ0) is 31.1. The minimum atomic E-state index is -2.79. The number of nitrogens with zero attached hydrogens (tertiary/aromatic N) is 2. The molecule has 0 saturated carbocycles. The van der Waals surface area contributed by atoms with E-state index in [9.17, 15) is 0 Å². The van der Waals surface area contributed by atoms with E-state index in [0.29, 0.717) is 47.6 Å². The summed E-state index contributed by atoms with van der Waals surface area (Å²) >= 11 is 0. The lowest BCUT2D eigenvalue weighted by molar-refractivity contribution is 0.626. The van der Waals surface area contributed by atoms with E-state index in [0.717, 1.165) is 49.9 Å². The van der Waals surface area contributed by atoms with Gasteiger partial charge in [-0.15, -0.1) is 0 Å². The minimum Gasteiger partial charge on any atom is -0.318 e. The third-order valence-electron chi connectivity index (χ3n) is 7.92. The Bertz CT molecular complexity index is 1860. The van der Waals surface area contributed by atoms with E-state index in [-0.39, 0.29) is 0 Å². The summed E-state index contributed by atoms with van der Waals surface area (Å²) in [5.74, 6) is 12.9. The second-order valence-corrected chi connectivity index (χ2v) is 10.5. The predicted octanol–water partition coefficient (Wildman–Crippen LogP) is 9.17. The fraction of sp³-hybridized carbons (Fsp3) is 0.205. The Kier molecular flexibility index (Phi) is 9.78. The fourth-order valence-corrected chi connectivity index (χ4v) is 5.95. The molecule has 44 heavy (non-hydrogen) atoms. The highest BCUT2D eigenvalue weighted by Crippen LogP contribution is 2.42. The first kappa shape index (κ1) is 30.6. The van der Waals surface area contributed by atoms with Crippen molar-refractivity contribution in [3.63, 3.8) is 0 Å². The molecule has 5 rings (SSSR count). The standard InChI is InChI=1S/C39H35BF2N2/c1-5-31-33(7-3)38(43-35(31)26-24-28-18-12-9-13-19-28)37(30-22-16-11-17-23-30)39-34(8-4)32(6-2)36(44(39)40(41)42)27-25-29-20-14-10-15-21-29/h9-23H,5-8H2,1-4H3/b38-37-. The van der Waals surface area contributed by atoms with Gasteiger partial charge in [-0.05, 0) is 89.6 Å². The predicted molar refractivity (Wildman–Crippen MR) is 180 cm³/mol. The lowest BCUT2D eigenvalue weighted by atomic mass is 9.90. The van der Waals surface area contributed by atoms with Crippen LogP contribution in [0.5, 0.6) is 0 Å². The van der Waals surface area contributed by atoms with E-state index in [1.165, 1.54) is 0 Å². The van der Waals surface area contributed by atoms with Gasteiger partial charge < -0.3 is 4.48 Å². The highest BCUT2D eigenvalue weighted by Gasteiger charge is 2.34. The molecular weight excluding hydrogens is 545 g/mol. The summed E-state index contributed by atoms with van der Waals surface area (Å²) in [6.07, 6.45) is 2.60. The van der Waals surface area contributed by atoms with Gasteiger partial charge in [0.2, 0.25) is 0 Å². The lowest BCUT2D eigenvalue weighted by Crippen LogP contribution is -2.19. The smallest absolute Gasteiger partial charge is 0.318 e. The summed E-state index contributed by atoms with van der Waals surface area (Å²) < 4.78 is 31.8. The molecule has 0 atom stereocenters. The number of allylic oxidation sites excluding steroid dienone is 2. The van der Waals surface area contributed by atoms with Crippen LogP contribution < -0.4 is 0 Å². The van der Waals surface area contributed by atoms with E-state index in [4.69, 9.17) is 4.99 Å². The molecule has 1 aliphatic heterocycles. The van der Waals surface area contributed by atoms with Crippen LogP contribution in [0.3, 0.4) is 0 Å². The molecule has 0 fully saturated rings. The van der Waals surface area contributed by atoms with Gasteiger partial charge in [-0.25, -0.2) is 4.99 Å². The molecule has 218 valence electrons. The van der Waals surface area contributed by atoms with Crippen LogP contribution in [0.2, 0.25) is 0 Å². The van der Waals surface area contributed by atoms with Crippen LogP contribution in [0.4, 0.5) is 8.63 Å². The van der Waals surface area contributed by atoms with Crippen LogP contribution in [0.25, 0.3) is 5.57 Å². The van der Waals surface area contributed by atoms with Crippen molar-refractivity contribution in [2.45, 2.75) is 53.4 Å². The van der Waals surface area contributed by atoms with Crippen molar-refractivity contribution in [2.24, 2.45) is 4.99 Å². The van der Waals surface area contributed by atoms with Crippen LogP contribution in [-0.4, -0.2) is 17.6 Å². The van der Waals surface area contributed by atoms with Gasteiger partial charge in [0.05, 0.1) is 11.4 Å². The van der Waals surface area contributed by atoms with Crippen molar-refractivity contribution < 1.29 is 8.63 Å². The summed E-state index contributed by atoms with van der Waals surface area (Å²) in [6, 6.07) is 29.1. The molecule has 0 bridgehead atoms. The first-order valence-electron chi connectivity index (χ1n) is 15.3. The van der Waals surface area contributed by atoms with Gasteiger partial charge in [0.1, 0.15) is 5.71 Å². The first-order chi connectivity index (χ1) is 21.5. The van der Waals surface area contributed by atoms with Crippen LogP contribution in [-0.2, 0) is 12.8 Å². The molecule has 2 nitrogen and oxygen atoms in total. The third-order valence-corrected chi connectivity index (χ3v) is 7.92. The molecule has 0 spiro atoms. The molecule has 3 aromatic carbocycles. The maximum Gasteiger partial charge on any atom is 0.678 e. The Balaban J connectivity index is 1.86. The van der Waals surface area contributed by atoms with Gasteiger partial charge in [-0.1, -0.05) is 106 Å². The number of halogens is 2. The largest absolute Gasteiger partial charge is 0.678 e. The van der Waals surface area contributed by atoms with Crippen molar-refractivity contribution in [2.75, 3.05) is 0 Å². The molecule has 1 aromatic heterocycles. The van der Waals surface area contributed by atoms with Gasteiger partial charge in [0.15, 0.2) is 0 Å². The topological polar surface area (TPSA) is 17.3 Å². The van der Waals surface area contributed by atoms with Crippen molar-refractivity contribution >= 4 is 18.7 Å². The number of aromatic nitrogens is 1. The summed E-state index contributed by atoms with van der Waals surface area (Å²) in [5.41, 5.74) is 9.31. The fourth-order valence-electron chi connectivity index (χ4n) is 5.95. The average molecular weight is 581 g/mol. The highest BCUT2D eigenvalue weighted by molar-refractivity contribution is 6.42. The van der Waals surface area contributed by atoms with Gasteiger partial charge in [-0.2, -0.15) is 0 Å². The van der Waals surface area contributed by atoms with Crippen LogP contribution in [0, 0.1) is 23.7 Å². The van der Waals surface area contributed by atoms with Gasteiger partial charge in [0.25, 0.3) is 0 Å². The van der Waals surface area contributed by atoms with Crippen LogP contribution in [0.15, 0.2) is 113 Å². The normalized spacial score (nSPS) is 13.5. The van der Waals surface area contributed by atoms with Crippen LogP contribution in [0.1, 0.15) is 79.7 Å².